The molecular formula is C21H21F2N5. The average molecular weight is 381 g/mol. The maximum Gasteiger partial charge on any atom is 0.161 e. The van der Waals surface area contributed by atoms with E-state index in [0.29, 0.717) is 11.7 Å². The molecule has 0 unspecified atom stereocenters. The molecule has 28 heavy (non-hydrogen) atoms. The predicted molar refractivity (Wildman–Crippen MR) is 105 cm³/mol. The molecule has 1 atom stereocenters. The van der Waals surface area contributed by atoms with Gasteiger partial charge in [0.1, 0.15) is 5.82 Å². The monoisotopic (exact) mass is 381 g/mol. The highest BCUT2D eigenvalue weighted by molar-refractivity contribution is 5.56. The minimum absolute atomic E-state index is 0.396. The number of nitrogens with zero attached hydrogens (tertiary/aromatic N) is 4. The smallest absolute Gasteiger partial charge is 0.161 e. The van der Waals surface area contributed by atoms with Gasteiger partial charge in [0.15, 0.2) is 17.5 Å². The van der Waals surface area contributed by atoms with Gasteiger partial charge in [-0.2, -0.15) is 0 Å². The second-order valence-corrected chi connectivity index (χ2v) is 7.03. The van der Waals surface area contributed by atoms with Crippen molar-refractivity contribution in [1.29, 1.82) is 0 Å². The lowest BCUT2D eigenvalue weighted by molar-refractivity contribution is 0.508. The lowest BCUT2D eigenvalue weighted by Gasteiger charge is -2.19. The summed E-state index contributed by atoms with van der Waals surface area (Å²) in [5.74, 6) is 0.225. The first kappa shape index (κ1) is 18.3. The number of benzene rings is 1. The van der Waals surface area contributed by atoms with Crippen LogP contribution in [0.3, 0.4) is 0 Å². The Morgan fingerprint density at radius 3 is 2.68 bits per heavy atom. The fourth-order valence-electron chi connectivity index (χ4n) is 3.45. The van der Waals surface area contributed by atoms with Crippen molar-refractivity contribution in [2.75, 3.05) is 29.9 Å². The summed E-state index contributed by atoms with van der Waals surface area (Å²) >= 11 is 0. The summed E-state index contributed by atoms with van der Waals surface area (Å²) in [5.41, 5.74) is 2.53. The number of anilines is 2. The third-order valence-electron chi connectivity index (χ3n) is 4.92. The van der Waals surface area contributed by atoms with Gasteiger partial charge in [-0.3, -0.25) is 4.98 Å². The van der Waals surface area contributed by atoms with E-state index >= 15 is 0 Å². The zero-order valence-electron chi connectivity index (χ0n) is 15.6. The molecule has 3 heterocycles. The Morgan fingerprint density at radius 2 is 1.89 bits per heavy atom. The summed E-state index contributed by atoms with van der Waals surface area (Å²) in [5, 5.41) is 3.40. The SMILES string of the molecule is Cc1cc(NC[C@H]2CCN(c3ccc(F)c(F)c3)C2)nc(-c2ccncc2)n1. The number of halogens is 2. The van der Waals surface area contributed by atoms with Crippen molar-refractivity contribution in [3.05, 3.63) is 66.1 Å². The molecule has 1 fully saturated rings. The summed E-state index contributed by atoms with van der Waals surface area (Å²) in [6, 6.07) is 9.76. The van der Waals surface area contributed by atoms with Gasteiger partial charge < -0.3 is 10.2 Å². The molecule has 1 aliphatic rings. The van der Waals surface area contributed by atoms with Crippen molar-refractivity contribution in [3.8, 4) is 11.4 Å². The van der Waals surface area contributed by atoms with Gasteiger partial charge in [-0.25, -0.2) is 18.7 Å². The predicted octanol–water partition coefficient (Wildman–Crippen LogP) is 4.06. The highest BCUT2D eigenvalue weighted by Crippen LogP contribution is 2.26. The van der Waals surface area contributed by atoms with E-state index in [1.807, 2.05) is 25.1 Å². The zero-order chi connectivity index (χ0) is 19.5. The summed E-state index contributed by atoms with van der Waals surface area (Å²) in [4.78, 5) is 15.2. The molecule has 5 nitrogen and oxygen atoms in total. The summed E-state index contributed by atoms with van der Waals surface area (Å²) in [6.07, 6.45) is 4.42. The van der Waals surface area contributed by atoms with Gasteiger partial charge in [0.05, 0.1) is 0 Å². The van der Waals surface area contributed by atoms with Crippen molar-refractivity contribution >= 4 is 11.5 Å². The van der Waals surface area contributed by atoms with Crippen LogP contribution in [0.2, 0.25) is 0 Å². The number of aryl methyl sites for hydroxylation is 1. The van der Waals surface area contributed by atoms with Crippen LogP contribution in [0.1, 0.15) is 12.1 Å². The molecule has 4 rings (SSSR count). The molecule has 0 bridgehead atoms. The maximum atomic E-state index is 13.5. The van der Waals surface area contributed by atoms with Crippen LogP contribution in [0.5, 0.6) is 0 Å². The van der Waals surface area contributed by atoms with E-state index in [-0.39, 0.29) is 0 Å². The van der Waals surface area contributed by atoms with Crippen LogP contribution in [-0.4, -0.2) is 34.6 Å². The van der Waals surface area contributed by atoms with E-state index in [2.05, 4.69) is 25.2 Å². The number of rotatable bonds is 5. The van der Waals surface area contributed by atoms with Crippen LogP contribution < -0.4 is 10.2 Å². The van der Waals surface area contributed by atoms with E-state index < -0.39 is 11.6 Å². The van der Waals surface area contributed by atoms with E-state index in [1.165, 1.54) is 12.1 Å². The van der Waals surface area contributed by atoms with E-state index in [0.717, 1.165) is 48.8 Å². The first-order chi connectivity index (χ1) is 13.6. The topological polar surface area (TPSA) is 53.9 Å². The van der Waals surface area contributed by atoms with Gasteiger partial charge in [0.2, 0.25) is 0 Å². The Balaban J connectivity index is 1.40. The largest absolute Gasteiger partial charge is 0.371 e. The molecule has 0 radical (unpaired) electrons. The second-order valence-electron chi connectivity index (χ2n) is 7.03. The summed E-state index contributed by atoms with van der Waals surface area (Å²) in [6.45, 7) is 4.31. The minimum atomic E-state index is -0.815. The Morgan fingerprint density at radius 1 is 1.07 bits per heavy atom. The second kappa shape index (κ2) is 7.88. The Hall–Kier alpha value is -3.09. The van der Waals surface area contributed by atoms with E-state index in [1.54, 1.807) is 18.5 Å². The third-order valence-corrected chi connectivity index (χ3v) is 4.92. The number of nitrogens with one attached hydrogen (secondary N) is 1. The van der Waals surface area contributed by atoms with Gasteiger partial charge in [-0.1, -0.05) is 0 Å². The van der Waals surface area contributed by atoms with Gasteiger partial charge in [-0.15, -0.1) is 0 Å². The van der Waals surface area contributed by atoms with Crippen molar-refractivity contribution in [2.24, 2.45) is 5.92 Å². The van der Waals surface area contributed by atoms with Crippen molar-refractivity contribution in [1.82, 2.24) is 15.0 Å². The Kier molecular flexibility index (Phi) is 5.14. The molecule has 2 aromatic heterocycles. The molecule has 3 aromatic rings. The van der Waals surface area contributed by atoms with Gasteiger partial charge >= 0.3 is 0 Å². The number of pyridine rings is 1. The normalized spacial score (nSPS) is 16.4. The number of aromatic nitrogens is 3. The van der Waals surface area contributed by atoms with Crippen LogP contribution >= 0.6 is 0 Å². The van der Waals surface area contributed by atoms with Gasteiger partial charge in [0.25, 0.3) is 0 Å². The molecule has 0 amide bonds. The van der Waals surface area contributed by atoms with Crippen LogP contribution in [0.4, 0.5) is 20.3 Å². The molecule has 1 saturated heterocycles. The minimum Gasteiger partial charge on any atom is -0.371 e. The van der Waals surface area contributed by atoms with E-state index in [4.69, 9.17) is 0 Å². The molecule has 7 heteroatoms. The van der Waals surface area contributed by atoms with Crippen molar-refractivity contribution in [3.63, 3.8) is 0 Å². The number of hydrogen-bond acceptors (Lipinski definition) is 5. The Labute approximate surface area is 162 Å². The van der Waals surface area contributed by atoms with Crippen LogP contribution in [-0.2, 0) is 0 Å². The molecule has 1 N–H and O–H groups in total. The quantitative estimate of drug-likeness (QED) is 0.722. The first-order valence-electron chi connectivity index (χ1n) is 9.28. The molecule has 0 spiro atoms. The highest BCUT2D eigenvalue weighted by Gasteiger charge is 2.23. The molecule has 144 valence electrons. The summed E-state index contributed by atoms with van der Waals surface area (Å²) < 4.78 is 26.6. The lowest BCUT2D eigenvalue weighted by Crippen LogP contribution is -2.23. The van der Waals surface area contributed by atoms with Crippen LogP contribution in [0.15, 0.2) is 48.8 Å². The maximum absolute atomic E-state index is 13.5. The molecule has 1 aromatic carbocycles. The molecule has 0 saturated carbocycles. The highest BCUT2D eigenvalue weighted by atomic mass is 19.2. The van der Waals surface area contributed by atoms with Gasteiger partial charge in [0, 0.05) is 61.1 Å². The standard InChI is InChI=1S/C21H21F2N5/c1-14-10-20(27-21(26-14)16-4-7-24-8-5-16)25-12-15-6-9-28(13-15)17-2-3-18(22)19(23)11-17/h2-5,7-8,10-11,15H,6,9,12-13H2,1H3,(H,25,26,27)/t15-/m1/s1. The Bertz CT molecular complexity index is 964. The molecule has 1 aliphatic heterocycles. The third kappa shape index (κ3) is 4.08. The van der Waals surface area contributed by atoms with E-state index in [9.17, 15) is 8.78 Å². The van der Waals surface area contributed by atoms with Crippen molar-refractivity contribution < 1.29 is 8.78 Å². The first-order valence-corrected chi connectivity index (χ1v) is 9.28. The lowest BCUT2D eigenvalue weighted by atomic mass is 10.1. The summed E-state index contributed by atoms with van der Waals surface area (Å²) in [7, 11) is 0. The zero-order valence-corrected chi connectivity index (χ0v) is 15.6. The molecular weight excluding hydrogens is 360 g/mol. The average Bonchev–Trinajstić information content (AvgIpc) is 3.18. The van der Waals surface area contributed by atoms with Crippen LogP contribution in [0, 0.1) is 24.5 Å². The van der Waals surface area contributed by atoms with Gasteiger partial charge in [-0.05, 0) is 43.5 Å². The fraction of sp³-hybridized carbons (Fsp3) is 0.286. The van der Waals surface area contributed by atoms with Crippen LogP contribution in [0.25, 0.3) is 11.4 Å². The van der Waals surface area contributed by atoms with Crippen molar-refractivity contribution in [2.45, 2.75) is 13.3 Å². The fourth-order valence-corrected chi connectivity index (χ4v) is 3.45. The molecule has 0 aliphatic carbocycles. The number of hydrogen-bond donors (Lipinski definition) is 1.